The van der Waals surface area contributed by atoms with E-state index in [9.17, 15) is 14.4 Å². The first kappa shape index (κ1) is 25.2. The van der Waals surface area contributed by atoms with Crippen LogP contribution in [0.3, 0.4) is 0 Å². The lowest BCUT2D eigenvalue weighted by Crippen LogP contribution is -2.53. The van der Waals surface area contributed by atoms with Crippen molar-refractivity contribution in [2.75, 3.05) is 13.1 Å². The Hall–Kier alpha value is -2.90. The van der Waals surface area contributed by atoms with E-state index >= 15 is 4.39 Å². The van der Waals surface area contributed by atoms with E-state index in [2.05, 4.69) is 15.3 Å². The highest BCUT2D eigenvalue weighted by atomic mass is 35.5. The number of hydrogen-bond acceptors (Lipinski definition) is 6. The van der Waals surface area contributed by atoms with Crippen LogP contribution in [0.15, 0.2) is 47.8 Å². The average molecular weight is 516 g/mol. The second kappa shape index (κ2) is 9.99. The number of nitrogen functional groups attached to an aromatic ring is 1. The highest BCUT2D eigenvalue weighted by Gasteiger charge is 2.45. The van der Waals surface area contributed by atoms with Gasteiger partial charge in [-0.2, -0.15) is 5.26 Å². The standard InChI is InChI=1S/C25H24ClF2N5OS/c1-25(2,28)21(16-7-14(10-29)8-19(27)9-16)17-11-33(12-17)22(15-3-5-18(26)6-4-15)24-31-20(13-35-24)23(34)32-30/h3-9,13,17,21-22H,11-12,30H2,1-2H3,(H,32,34)/t21-,22?/m0/s1. The molecule has 1 aliphatic heterocycles. The van der Waals surface area contributed by atoms with Gasteiger partial charge < -0.3 is 0 Å². The van der Waals surface area contributed by atoms with E-state index in [0.717, 1.165) is 11.6 Å². The number of nitriles is 1. The molecule has 35 heavy (non-hydrogen) atoms. The van der Waals surface area contributed by atoms with E-state index in [1.54, 1.807) is 23.6 Å². The first-order valence-electron chi connectivity index (χ1n) is 11.0. The molecule has 0 saturated carbocycles. The van der Waals surface area contributed by atoms with Gasteiger partial charge in [0.1, 0.15) is 22.2 Å². The Balaban J connectivity index is 1.65. The fourth-order valence-electron chi connectivity index (χ4n) is 4.80. The van der Waals surface area contributed by atoms with Gasteiger partial charge in [0.2, 0.25) is 0 Å². The number of amides is 1. The molecule has 4 rings (SSSR count). The lowest BCUT2D eigenvalue weighted by Gasteiger charge is -2.49. The number of halogens is 3. The number of likely N-dealkylation sites (tertiary alicyclic amines) is 1. The van der Waals surface area contributed by atoms with E-state index in [-0.39, 0.29) is 23.2 Å². The zero-order valence-electron chi connectivity index (χ0n) is 19.1. The molecule has 182 valence electrons. The van der Waals surface area contributed by atoms with Gasteiger partial charge in [-0.3, -0.25) is 15.1 Å². The monoisotopic (exact) mass is 515 g/mol. The Morgan fingerprint density at radius 3 is 2.57 bits per heavy atom. The van der Waals surface area contributed by atoms with Gasteiger partial charge in [0.25, 0.3) is 5.91 Å². The van der Waals surface area contributed by atoms with Crippen LogP contribution in [-0.4, -0.2) is 34.5 Å². The number of benzene rings is 2. The predicted octanol–water partition coefficient (Wildman–Crippen LogP) is 4.96. The van der Waals surface area contributed by atoms with Crippen LogP contribution in [0, 0.1) is 23.1 Å². The molecule has 1 saturated heterocycles. The number of rotatable bonds is 7. The number of hydrogen-bond donors (Lipinski definition) is 2. The molecule has 0 bridgehead atoms. The summed E-state index contributed by atoms with van der Waals surface area (Å²) in [6.07, 6.45) is 0. The first-order chi connectivity index (χ1) is 16.6. The number of hydrazine groups is 1. The van der Waals surface area contributed by atoms with E-state index in [0.29, 0.717) is 28.7 Å². The van der Waals surface area contributed by atoms with Gasteiger partial charge >= 0.3 is 0 Å². The smallest absolute Gasteiger partial charge is 0.284 e. The largest absolute Gasteiger partial charge is 0.290 e. The Morgan fingerprint density at radius 2 is 1.97 bits per heavy atom. The first-order valence-corrected chi connectivity index (χ1v) is 12.2. The Bertz CT molecular complexity index is 1260. The van der Waals surface area contributed by atoms with Crippen LogP contribution in [-0.2, 0) is 0 Å². The maximum atomic E-state index is 15.4. The second-order valence-corrected chi connectivity index (χ2v) is 10.5. The zero-order chi connectivity index (χ0) is 25.3. The molecule has 2 atom stereocenters. The molecule has 0 spiro atoms. The topological polar surface area (TPSA) is 95.0 Å². The Kier molecular flexibility index (Phi) is 7.20. The Labute approximate surface area is 211 Å². The lowest BCUT2D eigenvalue weighted by molar-refractivity contribution is 0.00805. The molecule has 3 aromatic rings. The number of carbonyl (C=O) groups is 1. The number of thiazole rings is 1. The summed E-state index contributed by atoms with van der Waals surface area (Å²) in [6, 6.07) is 13.0. The van der Waals surface area contributed by atoms with Gasteiger partial charge in [0.05, 0.1) is 17.7 Å². The molecule has 6 nitrogen and oxygen atoms in total. The molecule has 0 radical (unpaired) electrons. The number of alkyl halides is 1. The van der Waals surface area contributed by atoms with Crippen LogP contribution in [0.25, 0.3) is 0 Å². The van der Waals surface area contributed by atoms with Crippen molar-refractivity contribution in [1.29, 1.82) is 5.26 Å². The minimum Gasteiger partial charge on any atom is -0.290 e. The van der Waals surface area contributed by atoms with Crippen molar-refractivity contribution < 1.29 is 13.6 Å². The van der Waals surface area contributed by atoms with Crippen LogP contribution < -0.4 is 11.3 Å². The molecule has 2 heterocycles. The third-order valence-corrected chi connectivity index (χ3v) is 7.38. The molecule has 1 amide bonds. The molecular weight excluding hydrogens is 492 g/mol. The van der Waals surface area contributed by atoms with Gasteiger partial charge in [0, 0.05) is 29.4 Å². The second-order valence-electron chi connectivity index (χ2n) is 9.14. The van der Waals surface area contributed by atoms with Crippen LogP contribution in [0.4, 0.5) is 8.78 Å². The van der Waals surface area contributed by atoms with Gasteiger partial charge in [-0.05, 0) is 61.2 Å². The van der Waals surface area contributed by atoms with Crippen molar-refractivity contribution in [1.82, 2.24) is 15.3 Å². The maximum absolute atomic E-state index is 15.4. The average Bonchev–Trinajstić information content (AvgIpc) is 3.26. The SMILES string of the molecule is CC(C)(F)[C@@H](c1cc(F)cc(C#N)c1)C1CN(C(c2ccc(Cl)cc2)c2nc(C(=O)NN)cs2)C1. The molecule has 10 heteroatoms. The number of nitrogens with zero attached hydrogens (tertiary/aromatic N) is 3. The van der Waals surface area contributed by atoms with Crippen LogP contribution in [0.1, 0.15) is 58.0 Å². The van der Waals surface area contributed by atoms with Crippen molar-refractivity contribution in [2.24, 2.45) is 11.8 Å². The van der Waals surface area contributed by atoms with E-state index in [1.165, 1.54) is 31.3 Å². The zero-order valence-corrected chi connectivity index (χ0v) is 20.7. The fourth-order valence-corrected chi connectivity index (χ4v) is 5.89. The summed E-state index contributed by atoms with van der Waals surface area (Å²) in [7, 11) is 0. The highest BCUT2D eigenvalue weighted by molar-refractivity contribution is 7.10. The van der Waals surface area contributed by atoms with Crippen molar-refractivity contribution >= 4 is 28.8 Å². The molecule has 0 aliphatic carbocycles. The van der Waals surface area contributed by atoms with Crippen LogP contribution in [0.2, 0.25) is 5.02 Å². The fraction of sp³-hybridized carbons (Fsp3) is 0.320. The molecule has 1 fully saturated rings. The van der Waals surface area contributed by atoms with Crippen LogP contribution in [0.5, 0.6) is 0 Å². The van der Waals surface area contributed by atoms with Crippen molar-refractivity contribution in [3.05, 3.63) is 86.1 Å². The maximum Gasteiger partial charge on any atom is 0.284 e. The van der Waals surface area contributed by atoms with Gasteiger partial charge in [-0.15, -0.1) is 11.3 Å². The molecule has 3 N–H and O–H groups in total. The third kappa shape index (κ3) is 5.36. The van der Waals surface area contributed by atoms with E-state index in [4.69, 9.17) is 17.4 Å². The number of nitrogens with one attached hydrogen (secondary N) is 1. The Morgan fingerprint density at radius 1 is 1.29 bits per heavy atom. The summed E-state index contributed by atoms with van der Waals surface area (Å²) in [4.78, 5) is 18.6. The van der Waals surface area contributed by atoms with Crippen molar-refractivity contribution in [2.45, 2.75) is 31.5 Å². The van der Waals surface area contributed by atoms with Gasteiger partial charge in [0.15, 0.2) is 0 Å². The number of nitrogens with two attached hydrogens (primary N) is 1. The van der Waals surface area contributed by atoms with Gasteiger partial charge in [-0.1, -0.05) is 23.7 Å². The summed E-state index contributed by atoms with van der Waals surface area (Å²) >= 11 is 7.42. The molecule has 2 aromatic carbocycles. The van der Waals surface area contributed by atoms with Crippen molar-refractivity contribution in [3.63, 3.8) is 0 Å². The molecule has 1 aliphatic rings. The summed E-state index contributed by atoms with van der Waals surface area (Å²) < 4.78 is 29.6. The number of carbonyl (C=O) groups excluding carboxylic acids is 1. The third-order valence-electron chi connectivity index (χ3n) is 6.23. The minimum absolute atomic E-state index is 0.120. The van der Waals surface area contributed by atoms with E-state index < -0.39 is 23.3 Å². The highest BCUT2D eigenvalue weighted by Crippen LogP contribution is 2.46. The lowest BCUT2D eigenvalue weighted by atomic mass is 9.72. The summed E-state index contributed by atoms with van der Waals surface area (Å²) in [5, 5.41) is 12.2. The minimum atomic E-state index is -1.64. The summed E-state index contributed by atoms with van der Waals surface area (Å²) in [5.74, 6) is 3.48. The molecule has 1 aromatic heterocycles. The quantitative estimate of drug-likeness (QED) is 0.263. The van der Waals surface area contributed by atoms with Gasteiger partial charge in [-0.25, -0.2) is 19.6 Å². The normalized spacial score (nSPS) is 16.3. The van der Waals surface area contributed by atoms with Crippen LogP contribution >= 0.6 is 22.9 Å². The molecule has 1 unspecified atom stereocenters. The van der Waals surface area contributed by atoms with Crippen molar-refractivity contribution in [3.8, 4) is 6.07 Å². The number of aromatic nitrogens is 1. The predicted molar refractivity (Wildman–Crippen MR) is 131 cm³/mol. The summed E-state index contributed by atoms with van der Waals surface area (Å²) in [5.41, 5.74) is 2.23. The summed E-state index contributed by atoms with van der Waals surface area (Å²) in [6.45, 7) is 3.99. The molecular formula is C25H24ClF2N5OS. The van der Waals surface area contributed by atoms with E-state index in [1.807, 2.05) is 18.2 Å².